The Morgan fingerprint density at radius 2 is 2.05 bits per heavy atom. The van der Waals surface area contributed by atoms with Crippen molar-refractivity contribution in [3.63, 3.8) is 0 Å². The molecule has 6 heteroatoms. The first-order valence-corrected chi connectivity index (χ1v) is 8.93. The van der Waals surface area contributed by atoms with Crippen LogP contribution in [-0.2, 0) is 14.6 Å². The van der Waals surface area contributed by atoms with E-state index < -0.39 is 9.84 Å². The van der Waals surface area contributed by atoms with Crippen molar-refractivity contribution in [1.82, 2.24) is 5.32 Å². The Bertz CT molecular complexity index is 580. The maximum absolute atomic E-state index is 11.7. The second-order valence-corrected chi connectivity index (χ2v) is 7.71. The lowest BCUT2D eigenvalue weighted by Gasteiger charge is -2.10. The minimum Gasteiger partial charge on any atom is -0.492 e. The van der Waals surface area contributed by atoms with Crippen LogP contribution in [0, 0.1) is 12.8 Å². The van der Waals surface area contributed by atoms with E-state index in [0.717, 1.165) is 5.75 Å². The fourth-order valence-corrected chi connectivity index (χ4v) is 4.22. The van der Waals surface area contributed by atoms with Gasteiger partial charge in [0.1, 0.15) is 12.4 Å². The summed E-state index contributed by atoms with van der Waals surface area (Å²) in [7, 11) is -2.91. The number of carbonyl (C=O) groups is 1. The Kier molecular flexibility index (Phi) is 5.22. The van der Waals surface area contributed by atoms with Gasteiger partial charge in [-0.1, -0.05) is 17.7 Å². The lowest BCUT2D eigenvalue weighted by Crippen LogP contribution is -2.29. The molecule has 116 valence electrons. The highest BCUT2D eigenvalue weighted by atomic mass is 32.2. The number of carbonyl (C=O) groups excluding carboxylic acids is 1. The molecular formula is C15H21NO4S. The third-order valence-corrected chi connectivity index (χ3v) is 5.35. The second kappa shape index (κ2) is 6.93. The predicted octanol–water partition coefficient (Wildman–Crippen LogP) is 1.31. The number of amides is 1. The monoisotopic (exact) mass is 311 g/mol. The van der Waals surface area contributed by atoms with Gasteiger partial charge in [-0.3, -0.25) is 4.79 Å². The molecule has 1 aromatic carbocycles. The minimum absolute atomic E-state index is 0.0342. The van der Waals surface area contributed by atoms with E-state index in [0.29, 0.717) is 19.6 Å². The molecule has 21 heavy (non-hydrogen) atoms. The molecule has 2 rings (SSSR count). The van der Waals surface area contributed by atoms with Crippen LogP contribution in [0.15, 0.2) is 24.3 Å². The van der Waals surface area contributed by atoms with Gasteiger partial charge in [-0.25, -0.2) is 8.42 Å². The molecule has 1 unspecified atom stereocenters. The van der Waals surface area contributed by atoms with Gasteiger partial charge in [0.15, 0.2) is 9.84 Å². The number of benzene rings is 1. The van der Waals surface area contributed by atoms with Gasteiger partial charge in [-0.05, 0) is 31.4 Å². The Morgan fingerprint density at radius 1 is 1.33 bits per heavy atom. The topological polar surface area (TPSA) is 72.5 Å². The molecule has 0 bridgehead atoms. The zero-order valence-electron chi connectivity index (χ0n) is 12.2. The molecule has 0 aliphatic carbocycles. The zero-order chi connectivity index (χ0) is 15.3. The standard InChI is InChI=1S/C15H21NO4S/c1-12-2-4-14(5-3-12)20-8-7-16-15(17)10-13-6-9-21(18,19)11-13/h2-5,13H,6-11H2,1H3,(H,16,17). The summed E-state index contributed by atoms with van der Waals surface area (Å²) in [4.78, 5) is 11.7. The van der Waals surface area contributed by atoms with Crippen molar-refractivity contribution in [2.24, 2.45) is 5.92 Å². The van der Waals surface area contributed by atoms with Crippen molar-refractivity contribution in [3.05, 3.63) is 29.8 Å². The quantitative estimate of drug-likeness (QED) is 0.804. The van der Waals surface area contributed by atoms with E-state index >= 15 is 0 Å². The van der Waals surface area contributed by atoms with Crippen LogP contribution in [0.25, 0.3) is 0 Å². The van der Waals surface area contributed by atoms with Crippen LogP contribution in [0.4, 0.5) is 0 Å². The van der Waals surface area contributed by atoms with Crippen molar-refractivity contribution in [3.8, 4) is 5.75 Å². The Balaban J connectivity index is 1.62. The fraction of sp³-hybridized carbons (Fsp3) is 0.533. The third-order valence-electron chi connectivity index (χ3n) is 3.51. The molecule has 5 nitrogen and oxygen atoms in total. The highest BCUT2D eigenvalue weighted by molar-refractivity contribution is 7.91. The molecule has 1 heterocycles. The number of hydrogen-bond acceptors (Lipinski definition) is 4. The van der Waals surface area contributed by atoms with Gasteiger partial charge in [-0.15, -0.1) is 0 Å². The van der Waals surface area contributed by atoms with Crippen LogP contribution in [0.3, 0.4) is 0 Å². The maximum Gasteiger partial charge on any atom is 0.220 e. The minimum atomic E-state index is -2.91. The molecule has 1 aliphatic rings. The summed E-state index contributed by atoms with van der Waals surface area (Å²) in [6.45, 7) is 2.83. The van der Waals surface area contributed by atoms with Gasteiger partial charge in [0.2, 0.25) is 5.91 Å². The van der Waals surface area contributed by atoms with E-state index in [-0.39, 0.29) is 29.8 Å². The highest BCUT2D eigenvalue weighted by Gasteiger charge is 2.29. The van der Waals surface area contributed by atoms with E-state index in [4.69, 9.17) is 4.74 Å². The van der Waals surface area contributed by atoms with Crippen LogP contribution in [0.1, 0.15) is 18.4 Å². The third kappa shape index (κ3) is 5.38. The van der Waals surface area contributed by atoms with Gasteiger partial charge >= 0.3 is 0 Å². The molecule has 0 saturated carbocycles. The SMILES string of the molecule is Cc1ccc(OCCNC(=O)CC2CCS(=O)(=O)C2)cc1. The average Bonchev–Trinajstić information content (AvgIpc) is 2.76. The number of rotatable bonds is 6. The molecule has 1 atom stereocenters. The van der Waals surface area contributed by atoms with E-state index in [1.807, 2.05) is 31.2 Å². The lowest BCUT2D eigenvalue weighted by molar-refractivity contribution is -0.121. The van der Waals surface area contributed by atoms with Gasteiger partial charge in [0, 0.05) is 6.42 Å². The number of ether oxygens (including phenoxy) is 1. The van der Waals surface area contributed by atoms with Crippen LogP contribution in [-0.4, -0.2) is 39.0 Å². The second-order valence-electron chi connectivity index (χ2n) is 5.48. The molecule has 1 amide bonds. The van der Waals surface area contributed by atoms with E-state index in [9.17, 15) is 13.2 Å². The van der Waals surface area contributed by atoms with Crippen molar-refractivity contribution in [2.75, 3.05) is 24.7 Å². The first-order valence-electron chi connectivity index (χ1n) is 7.11. The first-order chi connectivity index (χ1) is 9.94. The van der Waals surface area contributed by atoms with Crippen molar-refractivity contribution < 1.29 is 17.9 Å². The predicted molar refractivity (Wildman–Crippen MR) is 81.1 cm³/mol. The van der Waals surface area contributed by atoms with Crippen molar-refractivity contribution in [2.45, 2.75) is 19.8 Å². The van der Waals surface area contributed by atoms with Crippen molar-refractivity contribution in [1.29, 1.82) is 0 Å². The zero-order valence-corrected chi connectivity index (χ0v) is 13.0. The number of aryl methyl sites for hydroxylation is 1. The summed E-state index contributed by atoms with van der Waals surface area (Å²) >= 11 is 0. The molecule has 1 aliphatic heterocycles. The lowest BCUT2D eigenvalue weighted by atomic mass is 10.1. The van der Waals surface area contributed by atoms with E-state index in [1.54, 1.807) is 0 Å². The summed E-state index contributed by atoms with van der Waals surface area (Å²) in [5.41, 5.74) is 1.17. The van der Waals surface area contributed by atoms with Crippen LogP contribution in [0.2, 0.25) is 0 Å². The van der Waals surface area contributed by atoms with E-state index in [1.165, 1.54) is 5.56 Å². The summed E-state index contributed by atoms with van der Waals surface area (Å²) < 4.78 is 28.1. The van der Waals surface area contributed by atoms with E-state index in [2.05, 4.69) is 5.32 Å². The molecule has 0 aromatic heterocycles. The molecule has 1 aromatic rings. The van der Waals surface area contributed by atoms with Crippen LogP contribution < -0.4 is 10.1 Å². The van der Waals surface area contributed by atoms with Gasteiger partial charge in [-0.2, -0.15) is 0 Å². The summed E-state index contributed by atoms with van der Waals surface area (Å²) in [5, 5.41) is 2.76. The van der Waals surface area contributed by atoms with Crippen LogP contribution in [0.5, 0.6) is 5.75 Å². The molecule has 0 spiro atoms. The number of nitrogens with one attached hydrogen (secondary N) is 1. The maximum atomic E-state index is 11.7. The largest absolute Gasteiger partial charge is 0.492 e. The fourth-order valence-electron chi connectivity index (χ4n) is 2.36. The van der Waals surface area contributed by atoms with Gasteiger partial charge in [0.25, 0.3) is 0 Å². The van der Waals surface area contributed by atoms with Crippen LogP contribution >= 0.6 is 0 Å². The summed E-state index contributed by atoms with van der Waals surface area (Å²) in [6, 6.07) is 7.71. The average molecular weight is 311 g/mol. The Morgan fingerprint density at radius 3 is 2.67 bits per heavy atom. The normalized spacial score (nSPS) is 20.1. The highest BCUT2D eigenvalue weighted by Crippen LogP contribution is 2.21. The van der Waals surface area contributed by atoms with Gasteiger partial charge < -0.3 is 10.1 Å². The Labute approximate surface area is 125 Å². The summed E-state index contributed by atoms with van der Waals surface area (Å²) in [6.07, 6.45) is 0.874. The Hall–Kier alpha value is -1.56. The number of sulfone groups is 1. The molecule has 1 fully saturated rings. The number of hydrogen-bond donors (Lipinski definition) is 1. The molecule has 1 saturated heterocycles. The molecular weight excluding hydrogens is 290 g/mol. The van der Waals surface area contributed by atoms with Crippen molar-refractivity contribution >= 4 is 15.7 Å². The first kappa shape index (κ1) is 15.8. The smallest absolute Gasteiger partial charge is 0.220 e. The van der Waals surface area contributed by atoms with Gasteiger partial charge in [0.05, 0.1) is 18.1 Å². The molecule has 1 N–H and O–H groups in total. The summed E-state index contributed by atoms with van der Waals surface area (Å²) in [5.74, 6) is 0.983. The molecule has 0 radical (unpaired) electrons.